The Morgan fingerprint density at radius 1 is 0.909 bits per heavy atom. The monoisotopic (exact) mass is 461 g/mol. The van der Waals surface area contributed by atoms with Crippen LogP contribution in [0.4, 0.5) is 0 Å². The molecular formula is C27H27NO4S. The van der Waals surface area contributed by atoms with Crippen LogP contribution in [0.1, 0.15) is 46.2 Å². The Hall–Kier alpha value is -3.09. The highest BCUT2D eigenvalue weighted by molar-refractivity contribution is 7.98. The number of hydrogen-bond acceptors (Lipinski definition) is 5. The Bertz CT molecular complexity index is 1100. The van der Waals surface area contributed by atoms with Crippen molar-refractivity contribution in [3.05, 3.63) is 102 Å². The summed E-state index contributed by atoms with van der Waals surface area (Å²) in [6, 6.07) is 25.6. The van der Waals surface area contributed by atoms with Gasteiger partial charge in [-0.3, -0.25) is 4.79 Å². The first kappa shape index (κ1) is 23.1. The number of thioether (sulfide) groups is 1. The predicted octanol–water partition coefficient (Wildman–Crippen LogP) is 5.58. The van der Waals surface area contributed by atoms with Crippen molar-refractivity contribution in [1.29, 1.82) is 0 Å². The summed E-state index contributed by atoms with van der Waals surface area (Å²) < 4.78 is 12.1. The fourth-order valence-electron chi connectivity index (χ4n) is 4.16. The molecule has 0 radical (unpaired) electrons. The molecule has 0 aliphatic carbocycles. The van der Waals surface area contributed by atoms with Gasteiger partial charge in [0.05, 0.1) is 11.6 Å². The van der Waals surface area contributed by atoms with Crippen LogP contribution in [0.2, 0.25) is 0 Å². The van der Waals surface area contributed by atoms with E-state index in [-0.39, 0.29) is 12.5 Å². The Balaban J connectivity index is 1.66. The van der Waals surface area contributed by atoms with Gasteiger partial charge in [0.1, 0.15) is 18.4 Å². The van der Waals surface area contributed by atoms with Crippen LogP contribution >= 0.6 is 11.8 Å². The molecule has 170 valence electrons. The zero-order valence-electron chi connectivity index (χ0n) is 18.9. The number of nitrogens with zero attached hydrogens (tertiary/aromatic N) is 1. The summed E-state index contributed by atoms with van der Waals surface area (Å²) in [4.78, 5) is 29.1. The molecule has 3 aromatic rings. The summed E-state index contributed by atoms with van der Waals surface area (Å²) in [5, 5.41) is 0. The molecule has 0 unspecified atom stereocenters. The highest BCUT2D eigenvalue weighted by atomic mass is 32.2. The molecule has 0 spiro atoms. The predicted molar refractivity (Wildman–Crippen MR) is 129 cm³/mol. The lowest BCUT2D eigenvalue weighted by molar-refractivity contribution is -0.0655. The third-order valence-corrected chi connectivity index (χ3v) is 6.50. The first-order valence-corrected chi connectivity index (χ1v) is 12.1. The second kappa shape index (κ2) is 9.81. The Labute approximate surface area is 198 Å². The summed E-state index contributed by atoms with van der Waals surface area (Å²) in [5.41, 5.74) is 1.08. The number of hydrogen-bond donors (Lipinski definition) is 0. The summed E-state index contributed by atoms with van der Waals surface area (Å²) in [6.45, 7) is 3.76. The van der Waals surface area contributed by atoms with Gasteiger partial charge in [-0.25, -0.2) is 4.79 Å². The molecule has 6 heteroatoms. The SMILES string of the molecule is CSc1ccc([C@@H]2OC(C)(C)N(C(=O)c3ccccc3)[C@H]2COC(=O)c2ccccc2)cc1. The first-order chi connectivity index (χ1) is 15.9. The molecule has 1 aliphatic heterocycles. The quantitative estimate of drug-likeness (QED) is 0.354. The van der Waals surface area contributed by atoms with Crippen molar-refractivity contribution in [3.8, 4) is 0 Å². The Morgan fingerprint density at radius 2 is 1.48 bits per heavy atom. The van der Waals surface area contributed by atoms with E-state index in [1.807, 2.05) is 68.6 Å². The maximum atomic E-state index is 13.6. The zero-order valence-corrected chi connectivity index (χ0v) is 19.7. The van der Waals surface area contributed by atoms with Crippen molar-refractivity contribution >= 4 is 23.6 Å². The van der Waals surface area contributed by atoms with Crippen LogP contribution in [0, 0.1) is 0 Å². The highest BCUT2D eigenvalue weighted by Crippen LogP contribution is 2.42. The average Bonchev–Trinajstić information content (AvgIpc) is 3.13. The number of amides is 1. The first-order valence-electron chi connectivity index (χ1n) is 10.8. The number of esters is 1. The zero-order chi connectivity index (χ0) is 23.4. The Kier molecular flexibility index (Phi) is 6.86. The lowest BCUT2D eigenvalue weighted by Gasteiger charge is -2.33. The van der Waals surface area contributed by atoms with E-state index < -0.39 is 23.8 Å². The molecular weight excluding hydrogens is 434 g/mol. The van der Waals surface area contributed by atoms with E-state index in [0.29, 0.717) is 11.1 Å². The maximum Gasteiger partial charge on any atom is 0.338 e. The van der Waals surface area contributed by atoms with E-state index in [0.717, 1.165) is 10.5 Å². The van der Waals surface area contributed by atoms with Gasteiger partial charge in [0, 0.05) is 10.5 Å². The number of rotatable bonds is 6. The number of carbonyl (C=O) groups is 2. The van der Waals surface area contributed by atoms with E-state index in [2.05, 4.69) is 0 Å². The molecule has 1 saturated heterocycles. The van der Waals surface area contributed by atoms with Gasteiger partial charge >= 0.3 is 5.97 Å². The lowest BCUT2D eigenvalue weighted by Crippen LogP contribution is -2.49. The van der Waals surface area contributed by atoms with E-state index in [4.69, 9.17) is 9.47 Å². The summed E-state index contributed by atoms with van der Waals surface area (Å²) in [6.07, 6.45) is 1.59. The van der Waals surface area contributed by atoms with Gasteiger partial charge in [0.25, 0.3) is 5.91 Å². The van der Waals surface area contributed by atoms with Crippen molar-refractivity contribution < 1.29 is 19.1 Å². The molecule has 1 heterocycles. The van der Waals surface area contributed by atoms with Crippen molar-refractivity contribution in [2.75, 3.05) is 12.9 Å². The van der Waals surface area contributed by atoms with Crippen LogP contribution in [0.15, 0.2) is 89.8 Å². The molecule has 4 rings (SSSR count). The van der Waals surface area contributed by atoms with Crippen LogP contribution < -0.4 is 0 Å². The van der Waals surface area contributed by atoms with Gasteiger partial charge in [0.2, 0.25) is 0 Å². The van der Waals surface area contributed by atoms with E-state index in [1.54, 1.807) is 53.1 Å². The number of carbonyl (C=O) groups excluding carboxylic acids is 2. The fourth-order valence-corrected chi connectivity index (χ4v) is 4.57. The van der Waals surface area contributed by atoms with Gasteiger partial charge in [-0.2, -0.15) is 0 Å². The van der Waals surface area contributed by atoms with E-state index in [9.17, 15) is 9.59 Å². The normalized spacial score (nSPS) is 19.3. The summed E-state index contributed by atoms with van der Waals surface area (Å²) in [5.74, 6) is -0.589. The number of ether oxygens (including phenoxy) is 2. The third-order valence-electron chi connectivity index (χ3n) is 5.76. The average molecular weight is 462 g/mol. The summed E-state index contributed by atoms with van der Waals surface area (Å²) >= 11 is 1.66. The molecule has 1 fully saturated rings. The van der Waals surface area contributed by atoms with Gasteiger partial charge in [0.15, 0.2) is 0 Å². The molecule has 0 N–H and O–H groups in total. The van der Waals surface area contributed by atoms with Crippen LogP contribution in [-0.4, -0.2) is 41.4 Å². The smallest absolute Gasteiger partial charge is 0.338 e. The van der Waals surface area contributed by atoms with Gasteiger partial charge < -0.3 is 14.4 Å². The molecule has 0 aromatic heterocycles. The fraction of sp³-hybridized carbons (Fsp3) is 0.259. The minimum atomic E-state index is -0.889. The van der Waals surface area contributed by atoms with Crippen molar-refractivity contribution in [3.63, 3.8) is 0 Å². The Morgan fingerprint density at radius 3 is 2.06 bits per heavy atom. The van der Waals surface area contributed by atoms with Gasteiger partial charge in [-0.1, -0.05) is 48.5 Å². The maximum absolute atomic E-state index is 13.6. The van der Waals surface area contributed by atoms with Gasteiger partial charge in [-0.05, 0) is 62.1 Å². The molecule has 3 aromatic carbocycles. The molecule has 33 heavy (non-hydrogen) atoms. The van der Waals surface area contributed by atoms with E-state index in [1.165, 1.54) is 0 Å². The molecule has 0 bridgehead atoms. The number of benzene rings is 3. The van der Waals surface area contributed by atoms with Crippen LogP contribution in [0.3, 0.4) is 0 Å². The summed E-state index contributed by atoms with van der Waals surface area (Å²) in [7, 11) is 0. The van der Waals surface area contributed by atoms with Crippen molar-refractivity contribution in [2.24, 2.45) is 0 Å². The minimum Gasteiger partial charge on any atom is -0.460 e. The molecule has 1 aliphatic rings. The van der Waals surface area contributed by atoms with Crippen molar-refractivity contribution in [2.45, 2.75) is 36.6 Å². The second-order valence-corrected chi connectivity index (χ2v) is 9.21. The lowest BCUT2D eigenvalue weighted by atomic mass is 10.0. The standard InChI is InChI=1S/C27H27NO4S/c1-27(2)28(25(29)20-10-6-4-7-11-20)23(18-31-26(30)21-12-8-5-9-13-21)24(32-27)19-14-16-22(33-3)17-15-19/h4-17,23-24H,18H2,1-3H3/t23-,24-/m0/s1. The molecule has 1 amide bonds. The minimum absolute atomic E-state index is 0.0185. The van der Waals surface area contributed by atoms with E-state index >= 15 is 0 Å². The topological polar surface area (TPSA) is 55.8 Å². The largest absolute Gasteiger partial charge is 0.460 e. The molecule has 2 atom stereocenters. The van der Waals surface area contributed by atoms with Crippen molar-refractivity contribution in [1.82, 2.24) is 4.90 Å². The highest BCUT2D eigenvalue weighted by Gasteiger charge is 2.51. The van der Waals surface area contributed by atoms with Crippen LogP contribution in [0.25, 0.3) is 0 Å². The molecule has 0 saturated carbocycles. The van der Waals surface area contributed by atoms with Crippen LogP contribution in [-0.2, 0) is 9.47 Å². The second-order valence-electron chi connectivity index (χ2n) is 8.33. The van der Waals surface area contributed by atoms with Crippen LogP contribution in [0.5, 0.6) is 0 Å². The molecule has 5 nitrogen and oxygen atoms in total. The van der Waals surface area contributed by atoms with Gasteiger partial charge in [-0.15, -0.1) is 11.8 Å². The third kappa shape index (κ3) is 4.97.